The van der Waals surface area contributed by atoms with Crippen LogP contribution >= 0.6 is 0 Å². The number of nitrogens with zero attached hydrogens (tertiary/aromatic N) is 2. The topological polar surface area (TPSA) is 55.1 Å². The normalized spacial score (nSPS) is 11.2. The first kappa shape index (κ1) is 14.3. The van der Waals surface area contributed by atoms with Gasteiger partial charge in [-0.05, 0) is 47.4 Å². The van der Waals surface area contributed by atoms with E-state index in [1.165, 1.54) is 11.1 Å². The molecular formula is C18H18N2O2. The van der Waals surface area contributed by atoms with Crippen molar-refractivity contribution in [2.24, 2.45) is 0 Å². The van der Waals surface area contributed by atoms with Crippen LogP contribution in [0.25, 0.3) is 10.9 Å². The number of hydrogen-bond donors (Lipinski definition) is 1. The van der Waals surface area contributed by atoms with E-state index >= 15 is 0 Å². The van der Waals surface area contributed by atoms with Gasteiger partial charge in [-0.3, -0.25) is 4.98 Å². The number of carboxylic acid groups (broad SMARTS) is 1. The van der Waals surface area contributed by atoms with Crippen molar-refractivity contribution in [2.75, 3.05) is 0 Å². The Kier molecular flexibility index (Phi) is 3.67. The van der Waals surface area contributed by atoms with Crippen molar-refractivity contribution >= 4 is 16.9 Å². The van der Waals surface area contributed by atoms with Crippen LogP contribution in [-0.2, 0) is 6.54 Å². The second-order valence-electron chi connectivity index (χ2n) is 5.76. The molecule has 22 heavy (non-hydrogen) atoms. The minimum absolute atomic E-state index is 0.330. The van der Waals surface area contributed by atoms with Crippen LogP contribution in [0.15, 0.2) is 48.9 Å². The fourth-order valence-electron chi connectivity index (χ4n) is 2.73. The zero-order valence-corrected chi connectivity index (χ0v) is 12.7. The molecule has 0 spiro atoms. The third-order valence-electron chi connectivity index (χ3n) is 3.88. The Hall–Kier alpha value is -2.62. The Balaban J connectivity index is 2.13. The van der Waals surface area contributed by atoms with Crippen LogP contribution in [0.5, 0.6) is 0 Å². The predicted octanol–water partition coefficient (Wildman–Crippen LogP) is 3.91. The lowest BCUT2D eigenvalue weighted by Crippen LogP contribution is -1.99. The van der Waals surface area contributed by atoms with Gasteiger partial charge in [-0.1, -0.05) is 13.8 Å². The first-order valence-electron chi connectivity index (χ1n) is 7.31. The molecule has 3 rings (SSSR count). The average molecular weight is 294 g/mol. The van der Waals surface area contributed by atoms with Crippen LogP contribution < -0.4 is 0 Å². The monoisotopic (exact) mass is 294 g/mol. The van der Waals surface area contributed by atoms with E-state index in [0.717, 1.165) is 17.4 Å². The molecule has 0 saturated carbocycles. The van der Waals surface area contributed by atoms with E-state index in [9.17, 15) is 9.90 Å². The number of carbonyl (C=O) groups is 1. The number of hydrogen-bond acceptors (Lipinski definition) is 2. The maximum atomic E-state index is 11.2. The zero-order chi connectivity index (χ0) is 15.7. The van der Waals surface area contributed by atoms with Crippen molar-refractivity contribution in [1.82, 2.24) is 9.55 Å². The molecule has 0 aliphatic heterocycles. The summed E-state index contributed by atoms with van der Waals surface area (Å²) < 4.78 is 2.17. The van der Waals surface area contributed by atoms with E-state index in [1.807, 2.05) is 18.2 Å². The Morgan fingerprint density at radius 3 is 2.59 bits per heavy atom. The van der Waals surface area contributed by atoms with Crippen LogP contribution in [0.3, 0.4) is 0 Å². The van der Waals surface area contributed by atoms with Gasteiger partial charge in [0, 0.05) is 36.0 Å². The number of benzene rings is 1. The molecular weight excluding hydrogens is 276 g/mol. The number of aromatic nitrogens is 2. The molecule has 0 saturated heterocycles. The van der Waals surface area contributed by atoms with Crippen LogP contribution in [0, 0.1) is 0 Å². The van der Waals surface area contributed by atoms with E-state index in [0.29, 0.717) is 11.5 Å². The summed E-state index contributed by atoms with van der Waals surface area (Å²) >= 11 is 0. The van der Waals surface area contributed by atoms with Crippen molar-refractivity contribution in [3.05, 3.63) is 65.6 Å². The Morgan fingerprint density at radius 1 is 1.23 bits per heavy atom. The first-order chi connectivity index (χ1) is 10.6. The number of aromatic carboxylic acids is 1. The highest BCUT2D eigenvalue weighted by atomic mass is 16.4. The summed E-state index contributed by atoms with van der Waals surface area (Å²) in [7, 11) is 0. The maximum Gasteiger partial charge on any atom is 0.335 e. The number of rotatable bonds is 4. The quantitative estimate of drug-likeness (QED) is 0.793. The maximum absolute atomic E-state index is 11.2. The van der Waals surface area contributed by atoms with E-state index in [2.05, 4.69) is 29.6 Å². The molecule has 2 aromatic heterocycles. The molecule has 4 heteroatoms. The van der Waals surface area contributed by atoms with Gasteiger partial charge in [-0.2, -0.15) is 0 Å². The summed E-state index contributed by atoms with van der Waals surface area (Å²) in [4.78, 5) is 15.2. The van der Waals surface area contributed by atoms with Gasteiger partial charge in [0.2, 0.25) is 0 Å². The highest BCUT2D eigenvalue weighted by Gasteiger charge is 2.14. The fraction of sp³-hybridized carbons (Fsp3) is 0.222. The molecule has 0 bridgehead atoms. The smallest absolute Gasteiger partial charge is 0.335 e. The molecule has 0 amide bonds. The van der Waals surface area contributed by atoms with Gasteiger partial charge in [0.1, 0.15) is 0 Å². The van der Waals surface area contributed by atoms with Gasteiger partial charge in [-0.25, -0.2) is 4.79 Å². The third-order valence-corrected chi connectivity index (χ3v) is 3.88. The molecule has 0 aliphatic carbocycles. The minimum Gasteiger partial charge on any atom is -0.478 e. The summed E-state index contributed by atoms with van der Waals surface area (Å²) in [6.45, 7) is 5.00. The summed E-state index contributed by atoms with van der Waals surface area (Å²) in [5, 5.41) is 10.2. The molecule has 112 valence electrons. The summed E-state index contributed by atoms with van der Waals surface area (Å²) in [6, 6.07) is 9.32. The van der Waals surface area contributed by atoms with Crippen molar-refractivity contribution < 1.29 is 9.90 Å². The highest BCUT2D eigenvalue weighted by Crippen LogP contribution is 2.29. The average Bonchev–Trinajstić information content (AvgIpc) is 2.86. The van der Waals surface area contributed by atoms with Crippen molar-refractivity contribution in [2.45, 2.75) is 26.3 Å². The molecule has 0 fully saturated rings. The molecule has 2 heterocycles. The van der Waals surface area contributed by atoms with Crippen molar-refractivity contribution in [1.29, 1.82) is 0 Å². The molecule has 4 nitrogen and oxygen atoms in total. The molecule has 0 aliphatic rings. The second-order valence-corrected chi connectivity index (χ2v) is 5.76. The predicted molar refractivity (Wildman–Crippen MR) is 86.3 cm³/mol. The van der Waals surface area contributed by atoms with Crippen LogP contribution in [0.4, 0.5) is 0 Å². The van der Waals surface area contributed by atoms with Crippen molar-refractivity contribution in [3.63, 3.8) is 0 Å². The Bertz CT molecular complexity index is 820. The highest BCUT2D eigenvalue weighted by molar-refractivity contribution is 5.95. The summed E-state index contributed by atoms with van der Waals surface area (Å²) in [6.07, 6.45) is 5.70. The van der Waals surface area contributed by atoms with Gasteiger partial charge >= 0.3 is 5.97 Å². The molecule has 1 aromatic carbocycles. The first-order valence-corrected chi connectivity index (χ1v) is 7.31. The summed E-state index contributed by atoms with van der Waals surface area (Å²) in [5.41, 5.74) is 3.73. The molecule has 1 N–H and O–H groups in total. The number of pyridine rings is 1. The van der Waals surface area contributed by atoms with Gasteiger partial charge in [0.05, 0.1) is 5.56 Å². The van der Waals surface area contributed by atoms with Crippen LogP contribution in [0.2, 0.25) is 0 Å². The van der Waals surface area contributed by atoms with Gasteiger partial charge < -0.3 is 9.67 Å². The third kappa shape index (κ3) is 2.60. The standard InChI is InChI=1S/C18H18N2O2/c1-12(2)16-11-20(10-13-5-7-19-8-6-13)17-4-3-14(18(21)22)9-15(16)17/h3-9,11-12H,10H2,1-2H3,(H,21,22). The molecule has 0 unspecified atom stereocenters. The minimum atomic E-state index is -0.890. The zero-order valence-electron chi connectivity index (χ0n) is 12.7. The van der Waals surface area contributed by atoms with Crippen LogP contribution in [0.1, 0.15) is 41.3 Å². The van der Waals surface area contributed by atoms with Gasteiger partial charge in [-0.15, -0.1) is 0 Å². The molecule has 0 atom stereocenters. The lowest BCUT2D eigenvalue weighted by Gasteiger charge is -2.05. The Labute approximate surface area is 129 Å². The Morgan fingerprint density at radius 2 is 1.95 bits per heavy atom. The molecule has 3 aromatic rings. The van der Waals surface area contributed by atoms with Gasteiger partial charge in [0.15, 0.2) is 0 Å². The van der Waals surface area contributed by atoms with E-state index in [1.54, 1.807) is 24.5 Å². The van der Waals surface area contributed by atoms with E-state index in [-0.39, 0.29) is 0 Å². The van der Waals surface area contributed by atoms with Crippen LogP contribution in [-0.4, -0.2) is 20.6 Å². The fourth-order valence-corrected chi connectivity index (χ4v) is 2.73. The lowest BCUT2D eigenvalue weighted by atomic mass is 10.0. The molecule has 0 radical (unpaired) electrons. The number of fused-ring (bicyclic) bond motifs is 1. The lowest BCUT2D eigenvalue weighted by molar-refractivity contribution is 0.0697. The van der Waals surface area contributed by atoms with E-state index in [4.69, 9.17) is 0 Å². The SMILES string of the molecule is CC(C)c1cn(Cc2ccncc2)c2ccc(C(=O)O)cc12. The van der Waals surface area contributed by atoms with Gasteiger partial charge in [0.25, 0.3) is 0 Å². The van der Waals surface area contributed by atoms with Crippen molar-refractivity contribution in [3.8, 4) is 0 Å². The second kappa shape index (κ2) is 5.64. The summed E-state index contributed by atoms with van der Waals surface area (Å²) in [5.74, 6) is -0.552. The number of carboxylic acids is 1. The van der Waals surface area contributed by atoms with E-state index < -0.39 is 5.97 Å². The largest absolute Gasteiger partial charge is 0.478 e.